The van der Waals surface area contributed by atoms with Gasteiger partial charge in [0.2, 0.25) is 0 Å². The summed E-state index contributed by atoms with van der Waals surface area (Å²) in [5.74, 6) is -2.07. The lowest BCUT2D eigenvalue weighted by molar-refractivity contribution is -0.160. The first-order valence-corrected chi connectivity index (χ1v) is 6.46. The minimum atomic E-state index is -0.914. The molecule has 1 rings (SSSR count). The van der Waals surface area contributed by atoms with E-state index in [4.69, 9.17) is 9.47 Å². The van der Waals surface area contributed by atoms with Crippen molar-refractivity contribution in [3.8, 4) is 0 Å². The van der Waals surface area contributed by atoms with Crippen LogP contribution in [0.3, 0.4) is 0 Å². The summed E-state index contributed by atoms with van der Waals surface area (Å²) in [4.78, 5) is 32.7. The lowest BCUT2D eigenvalue weighted by Gasteiger charge is -2.16. The summed E-state index contributed by atoms with van der Waals surface area (Å²) in [6, 6.07) is 0. The third-order valence-electron chi connectivity index (χ3n) is 2.11. The maximum absolute atomic E-state index is 11.0. The van der Waals surface area contributed by atoms with Gasteiger partial charge in [0.25, 0.3) is 0 Å². The molecule has 1 aliphatic heterocycles. The van der Waals surface area contributed by atoms with Crippen molar-refractivity contribution >= 4 is 17.9 Å². The van der Waals surface area contributed by atoms with Crippen LogP contribution in [-0.2, 0) is 33.3 Å². The molecule has 7 heteroatoms. The number of carbonyl (C=O) groups excluding carboxylic acids is 3. The molecular formula is C15H20O7. The molecule has 0 N–H and O–H groups in total. The van der Waals surface area contributed by atoms with Crippen molar-refractivity contribution in [3.05, 3.63) is 38.0 Å². The first-order chi connectivity index (χ1) is 10.4. The Morgan fingerprint density at radius 1 is 1.05 bits per heavy atom. The third-order valence-corrected chi connectivity index (χ3v) is 2.11. The lowest BCUT2D eigenvalue weighted by Crippen LogP contribution is -2.29. The Balaban J connectivity index is 0.000000939. The summed E-state index contributed by atoms with van der Waals surface area (Å²) in [6.45, 7) is 12.2. The molecule has 0 aromatic heterocycles. The fourth-order valence-electron chi connectivity index (χ4n) is 0.893. The van der Waals surface area contributed by atoms with E-state index in [1.165, 1.54) is 0 Å². The molecule has 0 spiro atoms. The molecule has 0 amide bonds. The molecule has 1 heterocycles. The summed E-state index contributed by atoms with van der Waals surface area (Å²) in [7, 11) is 0. The Morgan fingerprint density at radius 2 is 1.41 bits per heavy atom. The predicted molar refractivity (Wildman–Crippen MR) is 77.8 cm³/mol. The van der Waals surface area contributed by atoms with Gasteiger partial charge < -0.3 is 18.9 Å². The largest absolute Gasteiger partial charge is 0.458 e. The average molecular weight is 312 g/mol. The summed E-state index contributed by atoms with van der Waals surface area (Å²) in [5.41, 5.74) is 0. The van der Waals surface area contributed by atoms with Gasteiger partial charge in [-0.3, -0.25) is 0 Å². The van der Waals surface area contributed by atoms with Crippen molar-refractivity contribution in [1.82, 2.24) is 0 Å². The van der Waals surface area contributed by atoms with E-state index in [2.05, 4.69) is 36.1 Å². The zero-order chi connectivity index (χ0) is 17.0. The van der Waals surface area contributed by atoms with Crippen molar-refractivity contribution in [2.24, 2.45) is 0 Å². The zero-order valence-electron chi connectivity index (χ0n) is 12.5. The molecule has 0 aromatic carbocycles. The van der Waals surface area contributed by atoms with Gasteiger partial charge in [0.15, 0.2) is 6.10 Å². The molecule has 0 aromatic rings. The zero-order valence-corrected chi connectivity index (χ0v) is 12.5. The van der Waals surface area contributed by atoms with Gasteiger partial charge in [0, 0.05) is 18.2 Å². The molecule has 1 atom stereocenters. The lowest BCUT2D eigenvalue weighted by atomic mass is 10.4. The van der Waals surface area contributed by atoms with Crippen molar-refractivity contribution in [3.63, 3.8) is 0 Å². The van der Waals surface area contributed by atoms with Crippen LogP contribution in [-0.4, -0.2) is 49.9 Å². The molecule has 122 valence electrons. The second-order valence-corrected chi connectivity index (χ2v) is 4.08. The Hall–Kier alpha value is -2.41. The second kappa shape index (κ2) is 11.3. The van der Waals surface area contributed by atoms with Crippen LogP contribution in [0.2, 0.25) is 0 Å². The van der Waals surface area contributed by atoms with E-state index in [-0.39, 0.29) is 13.2 Å². The van der Waals surface area contributed by atoms with Crippen LogP contribution in [0.4, 0.5) is 0 Å². The number of ether oxygens (including phenoxy) is 4. The standard InChI is InChI=1S/C12H14O6.C3H6O/c1-4-10(13)16-7-9(18-12(15)6-3)8-17-11(14)5-2;1-3-2-4-3/h4-6,9H,1-3,7-8H2;3H,2H2,1H3. The van der Waals surface area contributed by atoms with Crippen LogP contribution in [0, 0.1) is 0 Å². The number of hydrogen-bond donors (Lipinski definition) is 0. The highest BCUT2D eigenvalue weighted by molar-refractivity contribution is 5.82. The van der Waals surface area contributed by atoms with Crippen LogP contribution >= 0.6 is 0 Å². The first kappa shape index (κ1) is 19.6. The monoisotopic (exact) mass is 312 g/mol. The van der Waals surface area contributed by atoms with Crippen molar-refractivity contribution in [2.45, 2.75) is 19.1 Å². The predicted octanol–water partition coefficient (Wildman–Crippen LogP) is 0.948. The maximum atomic E-state index is 11.0. The van der Waals surface area contributed by atoms with Crippen LogP contribution in [0.1, 0.15) is 6.92 Å². The summed E-state index contributed by atoms with van der Waals surface area (Å²) >= 11 is 0. The van der Waals surface area contributed by atoms with Gasteiger partial charge in [-0.1, -0.05) is 19.7 Å². The number of hydrogen-bond acceptors (Lipinski definition) is 7. The number of epoxide rings is 1. The maximum Gasteiger partial charge on any atom is 0.330 e. The molecule has 1 fully saturated rings. The molecule has 1 aliphatic rings. The molecule has 7 nitrogen and oxygen atoms in total. The van der Waals surface area contributed by atoms with Crippen molar-refractivity contribution < 1.29 is 33.3 Å². The van der Waals surface area contributed by atoms with E-state index < -0.39 is 24.0 Å². The highest BCUT2D eigenvalue weighted by Crippen LogP contribution is 2.04. The normalized spacial score (nSPS) is 14.7. The molecule has 0 aliphatic carbocycles. The number of carbonyl (C=O) groups is 3. The van der Waals surface area contributed by atoms with Gasteiger partial charge in [0.1, 0.15) is 13.2 Å². The van der Waals surface area contributed by atoms with E-state index in [0.717, 1.165) is 24.8 Å². The van der Waals surface area contributed by atoms with Crippen LogP contribution in [0.25, 0.3) is 0 Å². The summed E-state index contributed by atoms with van der Waals surface area (Å²) < 4.78 is 18.9. The fraction of sp³-hybridized carbons (Fsp3) is 0.400. The fourth-order valence-corrected chi connectivity index (χ4v) is 0.893. The molecule has 1 unspecified atom stereocenters. The van der Waals surface area contributed by atoms with Gasteiger partial charge in [-0.05, 0) is 6.92 Å². The molecule has 22 heavy (non-hydrogen) atoms. The minimum Gasteiger partial charge on any atom is -0.458 e. The average Bonchev–Trinajstić information content (AvgIpc) is 3.31. The smallest absolute Gasteiger partial charge is 0.330 e. The van der Waals surface area contributed by atoms with Gasteiger partial charge in [-0.25, -0.2) is 14.4 Å². The van der Waals surface area contributed by atoms with Gasteiger partial charge in [-0.2, -0.15) is 0 Å². The SMILES string of the molecule is C=CC(=O)OCC(COC(=O)C=C)OC(=O)C=C.CC1CO1. The van der Waals surface area contributed by atoms with E-state index in [1.54, 1.807) is 0 Å². The summed E-state index contributed by atoms with van der Waals surface area (Å²) in [6.07, 6.45) is 2.53. The Morgan fingerprint density at radius 3 is 1.68 bits per heavy atom. The third kappa shape index (κ3) is 11.4. The summed E-state index contributed by atoms with van der Waals surface area (Å²) in [5, 5.41) is 0. The minimum absolute atomic E-state index is 0.255. The van der Waals surface area contributed by atoms with Crippen LogP contribution < -0.4 is 0 Å². The molecule has 0 bridgehead atoms. The molecular weight excluding hydrogens is 292 g/mol. The quantitative estimate of drug-likeness (QED) is 0.285. The van der Waals surface area contributed by atoms with Crippen molar-refractivity contribution in [1.29, 1.82) is 0 Å². The number of esters is 3. The Kier molecular flexibility index (Phi) is 10.0. The highest BCUT2D eigenvalue weighted by atomic mass is 16.6. The molecule has 0 radical (unpaired) electrons. The van der Waals surface area contributed by atoms with Gasteiger partial charge >= 0.3 is 17.9 Å². The van der Waals surface area contributed by atoms with E-state index >= 15 is 0 Å². The van der Waals surface area contributed by atoms with Gasteiger partial charge in [0.05, 0.1) is 12.7 Å². The van der Waals surface area contributed by atoms with Crippen LogP contribution in [0.5, 0.6) is 0 Å². The van der Waals surface area contributed by atoms with E-state index in [0.29, 0.717) is 6.10 Å². The van der Waals surface area contributed by atoms with Crippen molar-refractivity contribution in [2.75, 3.05) is 19.8 Å². The first-order valence-electron chi connectivity index (χ1n) is 6.46. The molecule has 0 saturated carbocycles. The second-order valence-electron chi connectivity index (χ2n) is 4.08. The number of rotatable bonds is 8. The van der Waals surface area contributed by atoms with Crippen LogP contribution in [0.15, 0.2) is 38.0 Å². The topological polar surface area (TPSA) is 91.4 Å². The molecule has 1 saturated heterocycles. The van der Waals surface area contributed by atoms with E-state index in [9.17, 15) is 14.4 Å². The Bertz CT molecular complexity index is 400. The van der Waals surface area contributed by atoms with Gasteiger partial charge in [-0.15, -0.1) is 0 Å². The Labute approximate surface area is 129 Å². The van der Waals surface area contributed by atoms with E-state index in [1.807, 2.05) is 0 Å². The highest BCUT2D eigenvalue weighted by Gasteiger charge is 2.16.